The van der Waals surface area contributed by atoms with Crippen LogP contribution < -0.4 is 0 Å². The van der Waals surface area contributed by atoms with Crippen molar-refractivity contribution >= 4 is 17.9 Å². The van der Waals surface area contributed by atoms with Gasteiger partial charge in [0.25, 0.3) is 0 Å². The van der Waals surface area contributed by atoms with Crippen LogP contribution in [0, 0.1) is 0 Å². The molecule has 2 saturated heterocycles. The van der Waals surface area contributed by atoms with Gasteiger partial charge in [-0.25, -0.2) is 4.79 Å². The van der Waals surface area contributed by atoms with Gasteiger partial charge >= 0.3 is 6.09 Å². The Kier molecular flexibility index (Phi) is 4.87. The number of amides is 1. The highest BCUT2D eigenvalue weighted by Gasteiger charge is 2.40. The van der Waals surface area contributed by atoms with Gasteiger partial charge in [-0.15, -0.1) is 0 Å². The van der Waals surface area contributed by atoms with Crippen molar-refractivity contribution in [3.05, 3.63) is 35.9 Å². The van der Waals surface area contributed by atoms with Gasteiger partial charge in [-0.05, 0) is 26.3 Å². The van der Waals surface area contributed by atoms with Gasteiger partial charge in [0, 0.05) is 43.2 Å². The van der Waals surface area contributed by atoms with Gasteiger partial charge in [0.15, 0.2) is 0 Å². The largest absolute Gasteiger partial charge is 0.444 e. The van der Waals surface area contributed by atoms with Crippen molar-refractivity contribution in [2.45, 2.75) is 45.0 Å². The van der Waals surface area contributed by atoms with Gasteiger partial charge in [0.2, 0.25) is 0 Å². The lowest BCUT2D eigenvalue weighted by atomic mass is 10.1. The zero-order valence-electron chi connectivity index (χ0n) is 14.2. The van der Waals surface area contributed by atoms with Crippen LogP contribution in [0.5, 0.6) is 0 Å². The lowest BCUT2D eigenvalue weighted by Gasteiger charge is -2.49. The average molecular weight is 334 g/mol. The Hall–Kier alpha value is -1.20. The molecule has 2 bridgehead atoms. The summed E-state index contributed by atoms with van der Waals surface area (Å²) in [6.45, 7) is 8.28. The lowest BCUT2D eigenvalue weighted by Crippen LogP contribution is -2.63. The molecule has 1 aromatic rings. The Morgan fingerprint density at radius 2 is 1.78 bits per heavy atom. The molecule has 2 atom stereocenters. The van der Waals surface area contributed by atoms with Crippen molar-refractivity contribution in [1.29, 1.82) is 0 Å². The Morgan fingerprint density at radius 3 is 2.35 bits per heavy atom. The van der Waals surface area contributed by atoms with E-state index in [-0.39, 0.29) is 6.09 Å². The van der Waals surface area contributed by atoms with Gasteiger partial charge in [-0.3, -0.25) is 4.90 Å². The molecular formula is C18H26N2O2S. The zero-order chi connectivity index (χ0) is 16.4. The van der Waals surface area contributed by atoms with Crippen LogP contribution >= 0.6 is 11.8 Å². The summed E-state index contributed by atoms with van der Waals surface area (Å²) >= 11 is 2.01. The van der Waals surface area contributed by atoms with Gasteiger partial charge in [0.05, 0.1) is 0 Å². The van der Waals surface area contributed by atoms with E-state index in [4.69, 9.17) is 4.74 Å². The van der Waals surface area contributed by atoms with Crippen LogP contribution in [0.25, 0.3) is 0 Å². The second-order valence-electron chi connectivity index (χ2n) is 7.39. The molecule has 5 heteroatoms. The molecule has 0 spiro atoms. The zero-order valence-corrected chi connectivity index (χ0v) is 15.0. The first kappa shape index (κ1) is 16.7. The van der Waals surface area contributed by atoms with Crippen LogP contribution in [0.15, 0.2) is 30.3 Å². The van der Waals surface area contributed by atoms with E-state index in [2.05, 4.69) is 35.2 Å². The van der Waals surface area contributed by atoms with Crippen LogP contribution in [0.3, 0.4) is 0 Å². The second kappa shape index (κ2) is 6.73. The van der Waals surface area contributed by atoms with Gasteiger partial charge < -0.3 is 9.64 Å². The van der Waals surface area contributed by atoms with Gasteiger partial charge in [-0.1, -0.05) is 30.3 Å². The smallest absolute Gasteiger partial charge is 0.410 e. The third kappa shape index (κ3) is 4.21. The number of carbonyl (C=O) groups is 1. The Bertz CT molecular complexity index is 530. The summed E-state index contributed by atoms with van der Waals surface area (Å²) < 4.78 is 5.56. The molecule has 3 rings (SSSR count). The van der Waals surface area contributed by atoms with E-state index in [1.165, 1.54) is 5.56 Å². The third-order valence-corrected chi connectivity index (χ3v) is 5.52. The summed E-state index contributed by atoms with van der Waals surface area (Å²) in [6, 6.07) is 11.4. The molecule has 1 aromatic carbocycles. The van der Waals surface area contributed by atoms with Crippen molar-refractivity contribution in [2.24, 2.45) is 0 Å². The van der Waals surface area contributed by atoms with E-state index >= 15 is 0 Å². The molecule has 0 aliphatic carbocycles. The number of fused-ring (bicyclic) bond motifs is 2. The number of rotatable bonds is 2. The van der Waals surface area contributed by atoms with E-state index in [0.717, 1.165) is 31.1 Å². The molecule has 2 aliphatic heterocycles. The molecule has 1 amide bonds. The molecule has 0 saturated carbocycles. The SMILES string of the molecule is CC(C)(C)OC(=O)N1CC2CSCC(C1)N2Cc1ccccc1. The highest BCUT2D eigenvalue weighted by molar-refractivity contribution is 7.99. The highest BCUT2D eigenvalue weighted by Crippen LogP contribution is 2.29. The monoisotopic (exact) mass is 334 g/mol. The quantitative estimate of drug-likeness (QED) is 0.831. The maximum absolute atomic E-state index is 12.4. The van der Waals surface area contributed by atoms with Crippen LogP contribution in [0.4, 0.5) is 4.79 Å². The van der Waals surface area contributed by atoms with E-state index in [1.807, 2.05) is 37.4 Å². The second-order valence-corrected chi connectivity index (χ2v) is 8.46. The Morgan fingerprint density at radius 1 is 1.17 bits per heavy atom. The van der Waals surface area contributed by atoms with Gasteiger partial charge in [-0.2, -0.15) is 11.8 Å². The predicted octanol–water partition coefficient (Wildman–Crippen LogP) is 3.22. The number of hydrogen-bond acceptors (Lipinski definition) is 4. The molecule has 23 heavy (non-hydrogen) atoms. The van der Waals surface area contributed by atoms with Crippen molar-refractivity contribution in [1.82, 2.24) is 9.80 Å². The molecule has 126 valence electrons. The molecule has 0 radical (unpaired) electrons. The average Bonchev–Trinajstić information content (AvgIpc) is 2.46. The predicted molar refractivity (Wildman–Crippen MR) is 94.7 cm³/mol. The van der Waals surface area contributed by atoms with Gasteiger partial charge in [0.1, 0.15) is 5.60 Å². The minimum absolute atomic E-state index is 0.168. The van der Waals surface area contributed by atoms with E-state index < -0.39 is 5.60 Å². The summed E-state index contributed by atoms with van der Waals surface area (Å²) in [5, 5.41) is 0. The summed E-state index contributed by atoms with van der Waals surface area (Å²) in [5.74, 6) is 2.17. The maximum Gasteiger partial charge on any atom is 0.410 e. The molecule has 2 heterocycles. The summed E-state index contributed by atoms with van der Waals surface area (Å²) in [7, 11) is 0. The summed E-state index contributed by atoms with van der Waals surface area (Å²) in [5.41, 5.74) is 0.919. The summed E-state index contributed by atoms with van der Waals surface area (Å²) in [4.78, 5) is 16.9. The maximum atomic E-state index is 12.4. The number of thioether (sulfide) groups is 1. The third-order valence-electron chi connectivity index (χ3n) is 4.28. The number of hydrogen-bond donors (Lipinski definition) is 0. The van der Waals surface area contributed by atoms with Crippen molar-refractivity contribution < 1.29 is 9.53 Å². The Balaban J connectivity index is 1.67. The standard InChI is InChI=1S/C18H26N2O2S/c1-18(2,3)22-17(21)19-10-15-12-23-13-16(11-19)20(15)9-14-7-5-4-6-8-14/h4-8,15-16H,9-13H2,1-3H3. The molecule has 2 fully saturated rings. The number of benzene rings is 1. The van der Waals surface area contributed by atoms with Crippen molar-refractivity contribution in [2.75, 3.05) is 24.6 Å². The minimum atomic E-state index is -0.428. The first-order valence-electron chi connectivity index (χ1n) is 8.28. The number of ether oxygens (including phenoxy) is 1. The number of carbonyl (C=O) groups excluding carboxylic acids is 1. The van der Waals surface area contributed by atoms with Crippen molar-refractivity contribution in [3.8, 4) is 0 Å². The fraction of sp³-hybridized carbons (Fsp3) is 0.611. The topological polar surface area (TPSA) is 32.8 Å². The lowest BCUT2D eigenvalue weighted by molar-refractivity contribution is -0.00983. The fourth-order valence-corrected chi connectivity index (χ4v) is 4.53. The van der Waals surface area contributed by atoms with E-state index in [1.54, 1.807) is 0 Å². The molecule has 0 N–H and O–H groups in total. The molecule has 2 aliphatic rings. The normalized spacial score (nSPS) is 25.3. The molecular weight excluding hydrogens is 308 g/mol. The van der Waals surface area contributed by atoms with Crippen LogP contribution in [0.1, 0.15) is 26.3 Å². The van der Waals surface area contributed by atoms with Crippen molar-refractivity contribution in [3.63, 3.8) is 0 Å². The fourth-order valence-electron chi connectivity index (χ4n) is 3.26. The summed E-state index contributed by atoms with van der Waals surface area (Å²) in [6.07, 6.45) is -0.168. The van der Waals surface area contributed by atoms with Crippen LogP contribution in [0.2, 0.25) is 0 Å². The van der Waals surface area contributed by atoms with Crippen LogP contribution in [-0.2, 0) is 11.3 Å². The molecule has 4 nitrogen and oxygen atoms in total. The Labute approximate surface area is 143 Å². The van der Waals surface area contributed by atoms with Crippen LogP contribution in [-0.4, -0.2) is 58.2 Å². The highest BCUT2D eigenvalue weighted by atomic mass is 32.2. The molecule has 2 unspecified atom stereocenters. The molecule has 0 aromatic heterocycles. The van der Waals surface area contributed by atoms with E-state index in [0.29, 0.717) is 12.1 Å². The first-order valence-corrected chi connectivity index (χ1v) is 9.43. The number of nitrogens with zero attached hydrogens (tertiary/aromatic N) is 2. The van der Waals surface area contributed by atoms with E-state index in [9.17, 15) is 4.79 Å². The number of piperazine rings is 1. The minimum Gasteiger partial charge on any atom is -0.444 e. The first-order chi connectivity index (χ1) is 10.9.